The Hall–Kier alpha value is -0.830. The second-order valence-electron chi connectivity index (χ2n) is 5.73. The van der Waals surface area contributed by atoms with Gasteiger partial charge in [-0.25, -0.2) is 0 Å². The summed E-state index contributed by atoms with van der Waals surface area (Å²) < 4.78 is 0. The van der Waals surface area contributed by atoms with Crippen LogP contribution in [0.4, 0.5) is 0 Å². The third kappa shape index (κ3) is 3.59. The van der Waals surface area contributed by atoms with Crippen molar-refractivity contribution in [2.45, 2.75) is 38.4 Å². The normalized spacial score (nSPS) is 23.5. The van der Waals surface area contributed by atoms with E-state index >= 15 is 0 Å². The van der Waals surface area contributed by atoms with E-state index in [1.54, 1.807) is 0 Å². The molecule has 0 aromatic heterocycles. The average Bonchev–Trinajstić information content (AvgIpc) is 2.37. The predicted octanol–water partition coefficient (Wildman–Crippen LogP) is 3.48. The van der Waals surface area contributed by atoms with Crippen molar-refractivity contribution in [3.05, 3.63) is 34.9 Å². The number of carbonyl (C=O) groups excluding carboxylic acids is 1. The fraction of sp³-hybridized carbons (Fsp3) is 0.562. The summed E-state index contributed by atoms with van der Waals surface area (Å²) in [7, 11) is 0. The summed E-state index contributed by atoms with van der Waals surface area (Å²) in [6, 6.07) is 6.33. The average molecular weight is 324 g/mol. The molecule has 2 atom stereocenters. The lowest BCUT2D eigenvalue weighted by Crippen LogP contribution is -2.43. The number of alkyl halides is 1. The first-order valence-electron chi connectivity index (χ1n) is 6.95. The number of rotatable bonds is 2. The maximum Gasteiger partial charge on any atom is 0.227 e. The lowest BCUT2D eigenvalue weighted by atomic mass is 9.98. The zero-order chi connectivity index (χ0) is 14.0. The number of carbonyl (C=O) groups is 1. The second kappa shape index (κ2) is 6.08. The van der Waals surface area contributed by atoms with Crippen molar-refractivity contribution in [3.8, 4) is 0 Å². The second-order valence-corrected chi connectivity index (χ2v) is 6.90. The van der Waals surface area contributed by atoms with Gasteiger partial charge in [-0.1, -0.05) is 46.6 Å². The molecule has 2 rings (SSSR count). The van der Waals surface area contributed by atoms with Crippen LogP contribution in [0.25, 0.3) is 0 Å². The van der Waals surface area contributed by atoms with Crippen LogP contribution in [0, 0.1) is 19.8 Å². The zero-order valence-corrected chi connectivity index (χ0v) is 13.5. The van der Waals surface area contributed by atoms with Crippen LogP contribution in [0.2, 0.25) is 0 Å². The Bertz CT molecular complexity index is 472. The molecule has 2 unspecified atom stereocenters. The van der Waals surface area contributed by atoms with Crippen LogP contribution in [0.15, 0.2) is 18.2 Å². The summed E-state index contributed by atoms with van der Waals surface area (Å²) in [5.74, 6) is 0.802. The number of amides is 1. The molecule has 1 aliphatic rings. The molecule has 0 aliphatic carbocycles. The van der Waals surface area contributed by atoms with Gasteiger partial charge in [-0.3, -0.25) is 4.79 Å². The monoisotopic (exact) mass is 323 g/mol. The van der Waals surface area contributed by atoms with Crippen LogP contribution in [0.1, 0.15) is 30.0 Å². The van der Waals surface area contributed by atoms with E-state index in [-0.39, 0.29) is 5.91 Å². The molecule has 0 spiro atoms. The van der Waals surface area contributed by atoms with E-state index in [0.29, 0.717) is 17.2 Å². The molecule has 3 heteroatoms. The quantitative estimate of drug-likeness (QED) is 0.763. The van der Waals surface area contributed by atoms with Crippen molar-refractivity contribution in [3.63, 3.8) is 0 Å². The minimum absolute atomic E-state index is 0.264. The number of hydrogen-bond donors (Lipinski definition) is 0. The van der Waals surface area contributed by atoms with E-state index in [1.807, 2.05) is 4.90 Å². The lowest BCUT2D eigenvalue weighted by molar-refractivity contribution is -0.132. The molecular weight excluding hydrogens is 302 g/mol. The van der Waals surface area contributed by atoms with Gasteiger partial charge in [-0.05, 0) is 37.3 Å². The number of nitrogens with zero attached hydrogens (tertiary/aromatic N) is 1. The zero-order valence-electron chi connectivity index (χ0n) is 11.9. The molecule has 1 fully saturated rings. The van der Waals surface area contributed by atoms with Gasteiger partial charge in [0.2, 0.25) is 5.91 Å². The van der Waals surface area contributed by atoms with Gasteiger partial charge >= 0.3 is 0 Å². The first kappa shape index (κ1) is 14.6. The Morgan fingerprint density at radius 3 is 2.84 bits per heavy atom. The highest BCUT2D eigenvalue weighted by atomic mass is 79.9. The number of aryl methyl sites for hydroxylation is 2. The van der Waals surface area contributed by atoms with Crippen LogP contribution in [0.5, 0.6) is 0 Å². The van der Waals surface area contributed by atoms with Crippen molar-refractivity contribution in [2.24, 2.45) is 5.92 Å². The lowest BCUT2D eigenvalue weighted by Gasteiger charge is -2.34. The van der Waals surface area contributed by atoms with Gasteiger partial charge in [-0.2, -0.15) is 0 Å². The van der Waals surface area contributed by atoms with Crippen LogP contribution in [0.3, 0.4) is 0 Å². The molecule has 0 saturated carbocycles. The molecular formula is C16H22BrNO. The van der Waals surface area contributed by atoms with Crippen molar-refractivity contribution >= 4 is 21.8 Å². The summed E-state index contributed by atoms with van der Waals surface area (Å²) in [5.41, 5.74) is 3.60. The Labute approximate surface area is 124 Å². The van der Waals surface area contributed by atoms with E-state index < -0.39 is 0 Å². The van der Waals surface area contributed by atoms with Gasteiger partial charge in [-0.15, -0.1) is 0 Å². The van der Waals surface area contributed by atoms with Gasteiger partial charge in [0.15, 0.2) is 0 Å². The van der Waals surface area contributed by atoms with Crippen molar-refractivity contribution in [1.29, 1.82) is 0 Å². The predicted molar refractivity (Wildman–Crippen MR) is 82.7 cm³/mol. The van der Waals surface area contributed by atoms with Gasteiger partial charge < -0.3 is 4.90 Å². The number of piperidine rings is 1. The van der Waals surface area contributed by atoms with E-state index in [9.17, 15) is 4.79 Å². The van der Waals surface area contributed by atoms with Crippen molar-refractivity contribution in [2.75, 3.05) is 13.1 Å². The van der Waals surface area contributed by atoms with E-state index in [1.165, 1.54) is 16.7 Å². The van der Waals surface area contributed by atoms with Gasteiger partial charge in [0.1, 0.15) is 0 Å². The summed E-state index contributed by atoms with van der Waals surface area (Å²) in [6.45, 7) is 8.11. The van der Waals surface area contributed by atoms with E-state index in [0.717, 1.165) is 19.5 Å². The number of benzene rings is 1. The molecule has 0 radical (unpaired) electrons. The van der Waals surface area contributed by atoms with Crippen molar-refractivity contribution in [1.82, 2.24) is 4.90 Å². The van der Waals surface area contributed by atoms with Crippen LogP contribution >= 0.6 is 15.9 Å². The topological polar surface area (TPSA) is 20.3 Å². The smallest absolute Gasteiger partial charge is 0.227 e. The Balaban J connectivity index is 2.03. The summed E-state index contributed by atoms with van der Waals surface area (Å²) in [4.78, 5) is 15.0. The molecule has 1 saturated heterocycles. The maximum absolute atomic E-state index is 12.4. The molecule has 1 aromatic rings. The molecule has 1 aliphatic heterocycles. The highest BCUT2D eigenvalue weighted by molar-refractivity contribution is 9.09. The Morgan fingerprint density at radius 1 is 1.42 bits per heavy atom. The fourth-order valence-electron chi connectivity index (χ4n) is 2.61. The molecule has 104 valence electrons. The van der Waals surface area contributed by atoms with Crippen LogP contribution in [-0.2, 0) is 11.2 Å². The fourth-order valence-corrected chi connectivity index (χ4v) is 2.98. The van der Waals surface area contributed by atoms with E-state index in [2.05, 4.69) is 54.9 Å². The van der Waals surface area contributed by atoms with Crippen LogP contribution in [-0.4, -0.2) is 28.7 Å². The molecule has 1 aromatic carbocycles. The number of hydrogen-bond acceptors (Lipinski definition) is 1. The number of halogens is 1. The summed E-state index contributed by atoms with van der Waals surface area (Å²) in [5, 5.41) is 0. The molecule has 0 N–H and O–H groups in total. The molecule has 1 amide bonds. The highest BCUT2D eigenvalue weighted by Crippen LogP contribution is 2.24. The Morgan fingerprint density at radius 2 is 2.16 bits per heavy atom. The van der Waals surface area contributed by atoms with Crippen LogP contribution < -0.4 is 0 Å². The number of likely N-dealkylation sites (tertiary alicyclic amines) is 1. The van der Waals surface area contributed by atoms with Gasteiger partial charge in [0.05, 0.1) is 6.42 Å². The van der Waals surface area contributed by atoms with Crippen molar-refractivity contribution < 1.29 is 4.79 Å². The molecule has 19 heavy (non-hydrogen) atoms. The molecule has 1 heterocycles. The minimum Gasteiger partial charge on any atom is -0.342 e. The van der Waals surface area contributed by atoms with E-state index in [4.69, 9.17) is 0 Å². The molecule has 0 bridgehead atoms. The SMILES string of the molecule is Cc1ccc(C)c(CC(=O)N2CCC(Br)C(C)C2)c1. The first-order chi connectivity index (χ1) is 8.97. The summed E-state index contributed by atoms with van der Waals surface area (Å²) in [6.07, 6.45) is 1.59. The largest absolute Gasteiger partial charge is 0.342 e. The summed E-state index contributed by atoms with van der Waals surface area (Å²) >= 11 is 3.68. The standard InChI is InChI=1S/C16H22BrNO/c1-11-4-5-12(2)14(8-11)9-16(19)18-7-6-15(17)13(3)10-18/h4-5,8,13,15H,6-7,9-10H2,1-3H3. The third-order valence-electron chi connectivity index (χ3n) is 4.00. The maximum atomic E-state index is 12.4. The van der Waals surface area contributed by atoms with Gasteiger partial charge in [0, 0.05) is 17.9 Å². The first-order valence-corrected chi connectivity index (χ1v) is 7.87. The van der Waals surface area contributed by atoms with Gasteiger partial charge in [0.25, 0.3) is 0 Å². The Kier molecular flexibility index (Phi) is 4.67. The highest BCUT2D eigenvalue weighted by Gasteiger charge is 2.26. The molecule has 2 nitrogen and oxygen atoms in total. The third-order valence-corrected chi connectivity index (χ3v) is 5.36. The minimum atomic E-state index is 0.264.